The van der Waals surface area contributed by atoms with E-state index in [1.807, 2.05) is 12.1 Å². The zero-order valence-corrected chi connectivity index (χ0v) is 21.0. The van der Waals surface area contributed by atoms with Crippen molar-refractivity contribution in [2.45, 2.75) is 13.0 Å². The molecular weight excluding hydrogens is 504 g/mol. The molecule has 0 bridgehead atoms. The first-order valence-electron chi connectivity index (χ1n) is 11.8. The van der Waals surface area contributed by atoms with Crippen molar-refractivity contribution in [1.82, 2.24) is 15.2 Å². The van der Waals surface area contributed by atoms with Crippen molar-refractivity contribution >= 4 is 29.1 Å². The lowest BCUT2D eigenvalue weighted by Gasteiger charge is -2.26. The highest BCUT2D eigenvalue weighted by molar-refractivity contribution is 6.31. The molecule has 0 saturated carbocycles. The van der Waals surface area contributed by atoms with Gasteiger partial charge in [0.25, 0.3) is 0 Å². The van der Waals surface area contributed by atoms with Crippen LogP contribution in [0.15, 0.2) is 48.7 Å². The van der Waals surface area contributed by atoms with Crippen molar-refractivity contribution in [1.29, 1.82) is 0 Å². The lowest BCUT2D eigenvalue weighted by molar-refractivity contribution is 0.0388. The minimum absolute atomic E-state index is 0.0931. The number of rotatable bonds is 8. The Hall–Kier alpha value is -3.47. The summed E-state index contributed by atoms with van der Waals surface area (Å²) in [6, 6.07) is 10.5. The molecule has 2 heterocycles. The predicted octanol–water partition coefficient (Wildman–Crippen LogP) is 4.86. The Bertz CT molecular complexity index is 1240. The van der Waals surface area contributed by atoms with Crippen LogP contribution in [0.1, 0.15) is 18.6 Å². The maximum Gasteiger partial charge on any atom is 0.319 e. The third-order valence-corrected chi connectivity index (χ3v) is 6.35. The van der Waals surface area contributed by atoms with Gasteiger partial charge in [-0.25, -0.2) is 18.6 Å². The van der Waals surface area contributed by atoms with Crippen molar-refractivity contribution in [2.24, 2.45) is 0 Å². The molecule has 4 N–H and O–H groups in total. The number of nitrogens with one attached hydrogen (secondary N) is 2. The number of morpholine rings is 1. The molecule has 0 radical (unpaired) electrons. The Morgan fingerprint density at radius 3 is 2.59 bits per heavy atom. The summed E-state index contributed by atoms with van der Waals surface area (Å²) in [5, 5.41) is 5.31. The highest BCUT2D eigenvalue weighted by atomic mass is 35.5. The van der Waals surface area contributed by atoms with Crippen LogP contribution in [0, 0.1) is 11.6 Å². The molecule has 8 nitrogen and oxygen atoms in total. The lowest BCUT2D eigenvalue weighted by Crippen LogP contribution is -2.42. The van der Waals surface area contributed by atoms with Crippen LogP contribution in [-0.4, -0.2) is 55.3 Å². The third-order valence-electron chi connectivity index (χ3n) is 5.96. The maximum absolute atomic E-state index is 14.3. The fourth-order valence-electron chi connectivity index (χ4n) is 3.95. The average molecular weight is 532 g/mol. The zero-order chi connectivity index (χ0) is 26.4. The van der Waals surface area contributed by atoms with Crippen molar-refractivity contribution in [3.63, 3.8) is 0 Å². The summed E-state index contributed by atoms with van der Waals surface area (Å²) < 4.78 is 39.3. The zero-order valence-electron chi connectivity index (χ0n) is 20.3. The molecule has 2 aromatic carbocycles. The second-order valence-electron chi connectivity index (χ2n) is 8.54. The summed E-state index contributed by atoms with van der Waals surface area (Å²) in [5.74, 6) is -1.13. The normalized spacial score (nSPS) is 14.7. The molecule has 1 fully saturated rings. The second-order valence-corrected chi connectivity index (χ2v) is 8.91. The van der Waals surface area contributed by atoms with Gasteiger partial charge < -0.3 is 25.8 Å². The molecule has 1 unspecified atom stereocenters. The Morgan fingerprint density at radius 1 is 1.16 bits per heavy atom. The summed E-state index contributed by atoms with van der Waals surface area (Å²) >= 11 is 5.96. The minimum atomic E-state index is -0.920. The Morgan fingerprint density at radius 2 is 1.86 bits per heavy atom. The Labute approximate surface area is 218 Å². The van der Waals surface area contributed by atoms with Crippen molar-refractivity contribution in [2.75, 3.05) is 50.4 Å². The van der Waals surface area contributed by atoms with Crippen LogP contribution in [0.3, 0.4) is 0 Å². The quantitative estimate of drug-likeness (QED) is 0.359. The lowest BCUT2D eigenvalue weighted by atomic mass is 10.1. The molecule has 1 atom stereocenters. The van der Waals surface area contributed by atoms with Crippen LogP contribution in [0.2, 0.25) is 5.02 Å². The van der Waals surface area contributed by atoms with Crippen LogP contribution in [0.5, 0.6) is 5.75 Å². The highest BCUT2D eigenvalue weighted by Gasteiger charge is 2.21. The third kappa shape index (κ3) is 6.85. The van der Waals surface area contributed by atoms with E-state index in [1.54, 1.807) is 31.3 Å². The van der Waals surface area contributed by atoms with E-state index in [0.717, 1.165) is 37.3 Å². The molecule has 11 heteroatoms. The van der Waals surface area contributed by atoms with E-state index in [9.17, 15) is 13.6 Å². The molecule has 1 aromatic heterocycles. The first-order valence-corrected chi connectivity index (χ1v) is 12.2. The average Bonchev–Trinajstić information content (AvgIpc) is 2.89. The first-order chi connectivity index (χ1) is 17.8. The number of amides is 2. The number of carbonyl (C=O) groups is 1. The molecule has 0 spiro atoms. The van der Waals surface area contributed by atoms with Crippen LogP contribution in [0.25, 0.3) is 11.1 Å². The minimum Gasteiger partial charge on any atom is -0.482 e. The molecule has 1 aliphatic rings. The van der Waals surface area contributed by atoms with E-state index in [1.165, 1.54) is 0 Å². The predicted molar refractivity (Wildman–Crippen MR) is 139 cm³/mol. The fourth-order valence-corrected chi connectivity index (χ4v) is 4.25. The van der Waals surface area contributed by atoms with Gasteiger partial charge >= 0.3 is 6.03 Å². The van der Waals surface area contributed by atoms with E-state index < -0.39 is 17.7 Å². The van der Waals surface area contributed by atoms with Gasteiger partial charge in [-0.1, -0.05) is 23.7 Å². The van der Waals surface area contributed by atoms with E-state index in [-0.39, 0.29) is 28.2 Å². The van der Waals surface area contributed by atoms with Gasteiger partial charge in [-0.15, -0.1) is 0 Å². The van der Waals surface area contributed by atoms with Crippen LogP contribution >= 0.6 is 11.6 Å². The molecule has 37 heavy (non-hydrogen) atoms. The highest BCUT2D eigenvalue weighted by Crippen LogP contribution is 2.35. The summed E-state index contributed by atoms with van der Waals surface area (Å²) in [6.07, 6.45) is 0.652. The molecule has 0 aliphatic carbocycles. The second kappa shape index (κ2) is 12.2. The number of nitrogens with two attached hydrogens (primary N) is 1. The van der Waals surface area contributed by atoms with Gasteiger partial charge in [-0.3, -0.25) is 4.90 Å². The number of hydrogen-bond acceptors (Lipinski definition) is 6. The number of hydrogen-bond donors (Lipinski definition) is 3. The molecular formula is C26H28ClF2N5O3. The van der Waals surface area contributed by atoms with Gasteiger partial charge in [-0.2, -0.15) is 0 Å². The number of ether oxygens (including phenoxy) is 2. The summed E-state index contributed by atoms with van der Waals surface area (Å²) in [4.78, 5) is 18.6. The molecule has 1 saturated heterocycles. The number of pyridine rings is 1. The van der Waals surface area contributed by atoms with Crippen LogP contribution in [-0.2, 0) is 4.74 Å². The number of anilines is 2. The number of aromatic nitrogens is 1. The molecule has 1 aliphatic heterocycles. The van der Waals surface area contributed by atoms with E-state index in [4.69, 9.17) is 26.8 Å². The van der Waals surface area contributed by atoms with Gasteiger partial charge in [0.2, 0.25) is 0 Å². The van der Waals surface area contributed by atoms with Crippen molar-refractivity contribution in [3.05, 3.63) is 70.9 Å². The van der Waals surface area contributed by atoms with Gasteiger partial charge in [0.15, 0.2) is 11.6 Å². The fraction of sp³-hybridized carbons (Fsp3) is 0.308. The topological polar surface area (TPSA) is 102 Å². The maximum atomic E-state index is 14.3. The summed E-state index contributed by atoms with van der Waals surface area (Å²) in [7, 11) is 0. The van der Waals surface area contributed by atoms with Gasteiger partial charge in [0.05, 0.1) is 18.2 Å². The molecule has 2 amide bonds. The number of nitrogens with zero attached hydrogens (tertiary/aromatic N) is 2. The number of benzene rings is 2. The Balaban J connectivity index is 1.37. The van der Waals surface area contributed by atoms with E-state index in [0.29, 0.717) is 31.0 Å². The monoisotopic (exact) mass is 531 g/mol. The van der Waals surface area contributed by atoms with E-state index in [2.05, 4.69) is 20.5 Å². The van der Waals surface area contributed by atoms with Crippen molar-refractivity contribution in [3.8, 4) is 16.9 Å². The molecule has 3 aromatic rings. The smallest absolute Gasteiger partial charge is 0.319 e. The van der Waals surface area contributed by atoms with Gasteiger partial charge in [0, 0.05) is 49.2 Å². The number of carbonyl (C=O) groups excluding carboxylic acids is 1. The summed E-state index contributed by atoms with van der Waals surface area (Å²) in [5.41, 5.74) is 7.96. The standard InChI is InChI=1S/C26H28ClF2N5O3/c1-16(23-20(28)6-7-21(29)24(23)27)37-22-14-18(15-32-25(22)30)17-2-4-19(5-3-17)33-26(35)31-8-9-34-10-12-36-13-11-34/h2-7,14-16H,8-13H2,1H3,(H2,30,32)(H2,31,33,35). The number of urea groups is 1. The van der Waals surface area contributed by atoms with Crippen LogP contribution < -0.4 is 21.1 Å². The van der Waals surface area contributed by atoms with Gasteiger partial charge in [-0.05, 0) is 42.8 Å². The van der Waals surface area contributed by atoms with E-state index >= 15 is 0 Å². The number of nitrogen functional groups attached to an aromatic ring is 1. The SMILES string of the molecule is CC(Oc1cc(-c2ccc(NC(=O)NCCN3CCOCC3)cc2)cnc1N)c1c(F)ccc(F)c1Cl. The summed E-state index contributed by atoms with van der Waals surface area (Å²) in [6.45, 7) is 6.01. The molecule has 4 rings (SSSR count). The van der Waals surface area contributed by atoms with Gasteiger partial charge in [0.1, 0.15) is 17.7 Å². The number of halogens is 3. The largest absolute Gasteiger partial charge is 0.482 e. The first kappa shape index (κ1) is 26.6. The van der Waals surface area contributed by atoms with Crippen molar-refractivity contribution < 1.29 is 23.0 Å². The van der Waals surface area contributed by atoms with Crippen LogP contribution in [0.4, 0.5) is 25.1 Å². The molecule has 196 valence electrons. The Kier molecular flexibility index (Phi) is 8.75.